The van der Waals surface area contributed by atoms with E-state index in [-0.39, 0.29) is 6.03 Å². The zero-order chi connectivity index (χ0) is 13.2. The van der Waals surface area contributed by atoms with Crippen molar-refractivity contribution in [2.75, 3.05) is 5.32 Å². The summed E-state index contributed by atoms with van der Waals surface area (Å²) >= 11 is 0. The van der Waals surface area contributed by atoms with E-state index in [0.29, 0.717) is 17.8 Å². The van der Waals surface area contributed by atoms with Gasteiger partial charge in [0, 0.05) is 24.2 Å². The fraction of sp³-hybridized carbons (Fsp3) is 0.308. The van der Waals surface area contributed by atoms with Gasteiger partial charge in [-0.15, -0.1) is 10.2 Å². The summed E-state index contributed by atoms with van der Waals surface area (Å²) in [4.78, 5) is 11.6. The molecule has 6 nitrogen and oxygen atoms in total. The van der Waals surface area contributed by atoms with E-state index in [0.717, 1.165) is 24.1 Å². The standard InChI is InChI=1S/C13H14N4O2/c1-8-16-17-12(19-8)9-2-4-10(5-3-9)14-13(18)15-11-6-7-11/h2-5,11H,6-7H2,1H3,(H2,14,15,18). The Kier molecular flexibility index (Phi) is 2.91. The largest absolute Gasteiger partial charge is 0.421 e. The van der Waals surface area contributed by atoms with Gasteiger partial charge in [0.05, 0.1) is 0 Å². The van der Waals surface area contributed by atoms with Crippen LogP contribution >= 0.6 is 0 Å². The average molecular weight is 258 g/mol. The maximum absolute atomic E-state index is 11.6. The van der Waals surface area contributed by atoms with Crippen LogP contribution in [0.2, 0.25) is 0 Å². The lowest BCUT2D eigenvalue weighted by molar-refractivity contribution is 0.251. The van der Waals surface area contributed by atoms with Crippen molar-refractivity contribution in [3.8, 4) is 11.5 Å². The molecule has 1 aromatic carbocycles. The Morgan fingerprint density at radius 3 is 2.58 bits per heavy atom. The third kappa shape index (κ3) is 2.90. The third-order valence-corrected chi connectivity index (χ3v) is 2.83. The molecule has 2 N–H and O–H groups in total. The number of anilines is 1. The number of hydrogen-bond donors (Lipinski definition) is 2. The fourth-order valence-electron chi connectivity index (χ4n) is 1.69. The van der Waals surface area contributed by atoms with Crippen molar-refractivity contribution < 1.29 is 9.21 Å². The van der Waals surface area contributed by atoms with Crippen molar-refractivity contribution >= 4 is 11.7 Å². The lowest BCUT2D eigenvalue weighted by Gasteiger charge is -2.06. The van der Waals surface area contributed by atoms with Gasteiger partial charge in [0.15, 0.2) is 0 Å². The van der Waals surface area contributed by atoms with Crippen LogP contribution in [0.3, 0.4) is 0 Å². The Balaban J connectivity index is 1.66. The van der Waals surface area contributed by atoms with Crippen LogP contribution < -0.4 is 10.6 Å². The lowest BCUT2D eigenvalue weighted by atomic mass is 10.2. The van der Waals surface area contributed by atoms with Crippen molar-refractivity contribution in [2.45, 2.75) is 25.8 Å². The maximum Gasteiger partial charge on any atom is 0.319 e. The summed E-state index contributed by atoms with van der Waals surface area (Å²) in [5.41, 5.74) is 1.56. The van der Waals surface area contributed by atoms with Crippen molar-refractivity contribution in [2.24, 2.45) is 0 Å². The van der Waals surface area contributed by atoms with Crippen LogP contribution in [-0.2, 0) is 0 Å². The van der Waals surface area contributed by atoms with Crippen LogP contribution in [-0.4, -0.2) is 22.3 Å². The fourth-order valence-corrected chi connectivity index (χ4v) is 1.69. The van der Waals surface area contributed by atoms with Crippen LogP contribution in [0.4, 0.5) is 10.5 Å². The van der Waals surface area contributed by atoms with Gasteiger partial charge < -0.3 is 15.1 Å². The number of nitrogens with zero attached hydrogens (tertiary/aromatic N) is 2. The Labute approximate surface area is 110 Å². The van der Waals surface area contributed by atoms with Crippen LogP contribution in [0, 0.1) is 6.92 Å². The summed E-state index contributed by atoms with van der Waals surface area (Å²) in [7, 11) is 0. The molecule has 0 saturated heterocycles. The summed E-state index contributed by atoms with van der Waals surface area (Å²) in [5.74, 6) is 1.01. The molecular weight excluding hydrogens is 244 g/mol. The minimum atomic E-state index is -0.163. The smallest absolute Gasteiger partial charge is 0.319 e. The molecule has 0 atom stereocenters. The number of nitrogens with one attached hydrogen (secondary N) is 2. The quantitative estimate of drug-likeness (QED) is 0.885. The first kappa shape index (κ1) is 11.7. The highest BCUT2D eigenvalue weighted by molar-refractivity contribution is 5.89. The van der Waals surface area contributed by atoms with Crippen LogP contribution in [0.5, 0.6) is 0 Å². The Morgan fingerprint density at radius 2 is 2.00 bits per heavy atom. The number of rotatable bonds is 3. The van der Waals surface area contributed by atoms with Crippen molar-refractivity contribution in [3.05, 3.63) is 30.2 Å². The number of aromatic nitrogens is 2. The van der Waals surface area contributed by atoms with Gasteiger partial charge in [0.25, 0.3) is 0 Å². The maximum atomic E-state index is 11.6. The van der Waals surface area contributed by atoms with Crippen LogP contribution in [0.15, 0.2) is 28.7 Å². The van der Waals surface area contributed by atoms with Crippen molar-refractivity contribution in [3.63, 3.8) is 0 Å². The highest BCUT2D eigenvalue weighted by Gasteiger charge is 2.23. The van der Waals surface area contributed by atoms with Gasteiger partial charge in [-0.25, -0.2) is 4.79 Å². The van der Waals surface area contributed by atoms with Gasteiger partial charge in [0.2, 0.25) is 11.8 Å². The molecule has 0 unspecified atom stereocenters. The Hall–Kier alpha value is -2.37. The molecule has 1 aliphatic carbocycles. The van der Waals surface area contributed by atoms with Crippen molar-refractivity contribution in [1.82, 2.24) is 15.5 Å². The van der Waals surface area contributed by atoms with E-state index >= 15 is 0 Å². The second kappa shape index (κ2) is 4.72. The van der Waals surface area contributed by atoms with E-state index in [4.69, 9.17) is 4.42 Å². The number of carbonyl (C=O) groups excluding carboxylic acids is 1. The van der Waals surface area contributed by atoms with E-state index in [1.807, 2.05) is 12.1 Å². The molecule has 1 aliphatic rings. The van der Waals surface area contributed by atoms with Gasteiger partial charge in [-0.1, -0.05) is 0 Å². The topological polar surface area (TPSA) is 80.0 Å². The van der Waals surface area contributed by atoms with E-state index in [1.54, 1.807) is 19.1 Å². The third-order valence-electron chi connectivity index (χ3n) is 2.83. The minimum Gasteiger partial charge on any atom is -0.421 e. The number of benzene rings is 1. The monoisotopic (exact) mass is 258 g/mol. The highest BCUT2D eigenvalue weighted by atomic mass is 16.4. The zero-order valence-electron chi connectivity index (χ0n) is 10.5. The first-order chi connectivity index (χ1) is 9.20. The summed E-state index contributed by atoms with van der Waals surface area (Å²) in [6.07, 6.45) is 2.14. The second-order valence-corrected chi connectivity index (χ2v) is 4.58. The summed E-state index contributed by atoms with van der Waals surface area (Å²) in [5, 5.41) is 13.4. The summed E-state index contributed by atoms with van der Waals surface area (Å²) < 4.78 is 5.33. The highest BCUT2D eigenvalue weighted by Crippen LogP contribution is 2.21. The first-order valence-electron chi connectivity index (χ1n) is 6.19. The summed E-state index contributed by atoms with van der Waals surface area (Å²) in [6, 6.07) is 7.46. The number of hydrogen-bond acceptors (Lipinski definition) is 4. The van der Waals surface area contributed by atoms with Gasteiger partial charge >= 0.3 is 6.03 Å². The minimum absolute atomic E-state index is 0.163. The molecule has 1 heterocycles. The Morgan fingerprint density at radius 1 is 1.26 bits per heavy atom. The first-order valence-corrected chi connectivity index (χ1v) is 6.19. The molecule has 1 aromatic heterocycles. The number of aryl methyl sites for hydroxylation is 1. The SMILES string of the molecule is Cc1nnc(-c2ccc(NC(=O)NC3CC3)cc2)o1. The molecule has 1 fully saturated rings. The molecule has 6 heteroatoms. The molecule has 19 heavy (non-hydrogen) atoms. The van der Waals surface area contributed by atoms with E-state index in [9.17, 15) is 4.79 Å². The normalized spacial score (nSPS) is 14.2. The van der Waals surface area contributed by atoms with E-state index in [2.05, 4.69) is 20.8 Å². The Bertz CT molecular complexity index is 587. The predicted molar refractivity (Wildman–Crippen MR) is 69.6 cm³/mol. The molecule has 98 valence electrons. The molecule has 1 saturated carbocycles. The predicted octanol–water partition coefficient (Wildman–Crippen LogP) is 2.33. The molecule has 2 amide bonds. The number of carbonyl (C=O) groups is 1. The molecule has 0 bridgehead atoms. The van der Waals surface area contributed by atoms with E-state index in [1.165, 1.54) is 0 Å². The zero-order valence-corrected chi connectivity index (χ0v) is 10.5. The molecule has 0 radical (unpaired) electrons. The molecule has 2 aromatic rings. The van der Waals surface area contributed by atoms with Crippen LogP contribution in [0.1, 0.15) is 18.7 Å². The van der Waals surface area contributed by atoms with Gasteiger partial charge in [-0.2, -0.15) is 0 Å². The van der Waals surface area contributed by atoms with Crippen LogP contribution in [0.25, 0.3) is 11.5 Å². The number of urea groups is 1. The summed E-state index contributed by atoms with van der Waals surface area (Å²) in [6.45, 7) is 1.74. The molecule has 3 rings (SSSR count). The average Bonchev–Trinajstić information content (AvgIpc) is 3.09. The molecule has 0 aliphatic heterocycles. The van der Waals surface area contributed by atoms with E-state index < -0.39 is 0 Å². The lowest BCUT2D eigenvalue weighted by Crippen LogP contribution is -2.30. The van der Waals surface area contributed by atoms with Gasteiger partial charge in [-0.05, 0) is 37.1 Å². The molecule has 0 spiro atoms. The van der Waals surface area contributed by atoms with Crippen molar-refractivity contribution in [1.29, 1.82) is 0 Å². The van der Waals surface area contributed by atoms with Gasteiger partial charge in [0.1, 0.15) is 0 Å². The number of amides is 2. The molecular formula is C13H14N4O2. The second-order valence-electron chi connectivity index (χ2n) is 4.58. The van der Waals surface area contributed by atoms with Gasteiger partial charge in [-0.3, -0.25) is 0 Å².